The first-order chi connectivity index (χ1) is 14.2. The Bertz CT molecular complexity index is 1220. The van der Waals surface area contributed by atoms with Crippen LogP contribution in [-0.4, -0.2) is 40.7 Å². The summed E-state index contributed by atoms with van der Waals surface area (Å²) in [5.74, 6) is 0.280. The van der Waals surface area contributed by atoms with Crippen LogP contribution in [-0.2, 0) is 23.0 Å². The van der Waals surface area contributed by atoms with E-state index in [1.165, 1.54) is 18.1 Å². The summed E-state index contributed by atoms with van der Waals surface area (Å²) >= 11 is 3.68. The van der Waals surface area contributed by atoms with Crippen molar-refractivity contribution in [2.24, 2.45) is 0 Å². The molecule has 30 heavy (non-hydrogen) atoms. The fourth-order valence-corrected chi connectivity index (χ4v) is 5.78. The number of imidazole rings is 1. The van der Waals surface area contributed by atoms with Gasteiger partial charge in [0, 0.05) is 21.6 Å². The summed E-state index contributed by atoms with van der Waals surface area (Å²) in [5.41, 5.74) is 8.88. The van der Waals surface area contributed by atoms with Gasteiger partial charge in [0.15, 0.2) is 22.1 Å². The Balaban J connectivity index is 1.67. The number of nitrogens with zero attached hydrogens (tertiary/aromatic N) is 4. The summed E-state index contributed by atoms with van der Waals surface area (Å²) in [4.78, 5) is 13.9. The lowest BCUT2D eigenvalue weighted by atomic mass is 10.1. The van der Waals surface area contributed by atoms with Gasteiger partial charge < -0.3 is 10.3 Å². The van der Waals surface area contributed by atoms with Gasteiger partial charge in [0.2, 0.25) is 10.0 Å². The second-order valence-electron chi connectivity index (χ2n) is 7.09. The van der Waals surface area contributed by atoms with E-state index in [0.717, 1.165) is 32.3 Å². The lowest BCUT2D eigenvalue weighted by Gasteiger charge is -2.11. The van der Waals surface area contributed by atoms with Crippen molar-refractivity contribution < 1.29 is 12.8 Å². The number of nitrogen functional groups attached to an aromatic ring is 1. The number of nitrogens with one attached hydrogen (secondary N) is 1. The normalized spacial score (nSPS) is 16.3. The molecule has 1 atom stereocenters. The van der Waals surface area contributed by atoms with Crippen LogP contribution >= 0.6 is 34.4 Å². The number of hydrogen-bond acceptors (Lipinski definition) is 7. The van der Waals surface area contributed by atoms with Gasteiger partial charge in [-0.15, -0.1) is 0 Å². The summed E-state index contributed by atoms with van der Waals surface area (Å²) in [7, 11) is -3.25. The number of nitrogens with two attached hydrogens (primary N) is 1. The van der Waals surface area contributed by atoms with Crippen molar-refractivity contribution in [2.75, 3.05) is 18.5 Å². The first-order valence-electron chi connectivity index (χ1n) is 9.28. The lowest BCUT2D eigenvalue weighted by molar-refractivity contribution is 0.343. The summed E-state index contributed by atoms with van der Waals surface area (Å²) in [6.45, 7) is 0.786. The van der Waals surface area contributed by atoms with E-state index in [4.69, 9.17) is 5.73 Å². The summed E-state index contributed by atoms with van der Waals surface area (Å²) < 4.78 is 42.3. The van der Waals surface area contributed by atoms with Gasteiger partial charge >= 0.3 is 0 Å². The average molecular weight is 562 g/mol. The van der Waals surface area contributed by atoms with Crippen molar-refractivity contribution in [1.82, 2.24) is 24.2 Å². The van der Waals surface area contributed by atoms with E-state index >= 15 is 0 Å². The summed E-state index contributed by atoms with van der Waals surface area (Å²) in [5, 5.41) is 0.655. The number of rotatable bonds is 7. The van der Waals surface area contributed by atoms with Gasteiger partial charge in [0.1, 0.15) is 12.5 Å². The second kappa shape index (κ2) is 8.55. The van der Waals surface area contributed by atoms with Crippen LogP contribution in [0.25, 0.3) is 11.2 Å². The van der Waals surface area contributed by atoms with Gasteiger partial charge in [-0.1, -0.05) is 11.8 Å². The van der Waals surface area contributed by atoms with Crippen molar-refractivity contribution >= 4 is 61.4 Å². The van der Waals surface area contributed by atoms with Gasteiger partial charge in [-0.25, -0.2) is 32.5 Å². The van der Waals surface area contributed by atoms with Gasteiger partial charge in [-0.3, -0.25) is 0 Å². The molecule has 0 amide bonds. The van der Waals surface area contributed by atoms with E-state index in [1.54, 1.807) is 0 Å². The van der Waals surface area contributed by atoms with Crippen LogP contribution in [0.4, 0.5) is 10.2 Å². The Hall–Kier alpha value is -1.51. The molecule has 1 aromatic carbocycles. The molecule has 0 saturated carbocycles. The zero-order valence-electron chi connectivity index (χ0n) is 16.1. The molecule has 3 N–H and O–H groups in total. The number of fused-ring (bicyclic) bond motifs is 2. The second-order valence-corrected chi connectivity index (χ2v) is 11.1. The summed E-state index contributed by atoms with van der Waals surface area (Å²) in [6.07, 6.45) is 3.41. The van der Waals surface area contributed by atoms with Gasteiger partial charge in [0.05, 0.1) is 6.26 Å². The Kier molecular flexibility index (Phi) is 6.19. The number of anilines is 1. The van der Waals surface area contributed by atoms with Gasteiger partial charge in [-0.2, -0.15) is 0 Å². The third-order valence-corrected chi connectivity index (χ3v) is 7.89. The predicted octanol–water partition coefficient (Wildman–Crippen LogP) is 3.06. The number of alkyl halides is 1. The highest BCUT2D eigenvalue weighted by atomic mass is 127. The lowest BCUT2D eigenvalue weighted by Crippen LogP contribution is -2.24. The van der Waals surface area contributed by atoms with Crippen LogP contribution in [0.5, 0.6) is 0 Å². The van der Waals surface area contributed by atoms with E-state index in [1.807, 2.05) is 16.7 Å². The first kappa shape index (κ1) is 21.7. The van der Waals surface area contributed by atoms with Crippen molar-refractivity contribution in [2.45, 2.75) is 42.0 Å². The van der Waals surface area contributed by atoms with Crippen molar-refractivity contribution in [3.63, 3.8) is 0 Å². The molecule has 12 heteroatoms. The molecule has 3 aromatic rings. The largest absolute Gasteiger partial charge is 0.382 e. The SMILES string of the molecule is CS(=O)(=O)NCCCn1c(Sc2cc3c(cc2I)CCC3F)nc2c(N)ncnc21. The number of halogens is 2. The zero-order valence-corrected chi connectivity index (χ0v) is 19.9. The van der Waals surface area contributed by atoms with E-state index in [0.29, 0.717) is 42.3 Å². The first-order valence-corrected chi connectivity index (χ1v) is 13.1. The minimum Gasteiger partial charge on any atom is -0.382 e. The van der Waals surface area contributed by atoms with Crippen molar-refractivity contribution in [1.29, 1.82) is 0 Å². The number of hydrogen-bond donors (Lipinski definition) is 2. The Morgan fingerprint density at radius 1 is 1.40 bits per heavy atom. The number of aromatic nitrogens is 4. The highest BCUT2D eigenvalue weighted by Crippen LogP contribution is 2.41. The Morgan fingerprint density at radius 3 is 2.97 bits per heavy atom. The molecule has 2 heterocycles. The molecule has 8 nitrogen and oxygen atoms in total. The van der Waals surface area contributed by atoms with Crippen molar-refractivity contribution in [3.8, 4) is 0 Å². The maximum Gasteiger partial charge on any atom is 0.208 e. The smallest absolute Gasteiger partial charge is 0.208 e. The molecule has 1 unspecified atom stereocenters. The number of aryl methyl sites for hydroxylation is 2. The molecule has 2 aromatic heterocycles. The average Bonchev–Trinajstić information content (AvgIpc) is 3.20. The van der Waals surface area contributed by atoms with Crippen LogP contribution < -0.4 is 10.5 Å². The highest BCUT2D eigenvalue weighted by molar-refractivity contribution is 14.1. The minimum atomic E-state index is -3.25. The van der Waals surface area contributed by atoms with Crippen LogP contribution in [0.3, 0.4) is 0 Å². The standard InChI is InChI=1S/C18H20FIN6O2S2/c1-30(27,28)24-5-2-6-26-17-15(16(21)22-9-23-17)25-18(26)29-14-8-11-10(7-13(14)20)3-4-12(11)19/h7-9,12,24H,2-6H2,1H3,(H2,21,22,23). The Morgan fingerprint density at radius 2 is 2.20 bits per heavy atom. The monoisotopic (exact) mass is 562 g/mol. The van der Waals surface area contributed by atoms with Gasteiger partial charge in [-0.05, 0) is 65.1 Å². The molecule has 160 valence electrons. The topological polar surface area (TPSA) is 116 Å². The molecular formula is C18H20FIN6O2S2. The molecule has 1 aliphatic carbocycles. The molecule has 0 bridgehead atoms. The van der Waals surface area contributed by atoms with E-state index in [2.05, 4.69) is 42.3 Å². The molecule has 1 aliphatic rings. The van der Waals surface area contributed by atoms with E-state index in [9.17, 15) is 12.8 Å². The Labute approximate surface area is 191 Å². The highest BCUT2D eigenvalue weighted by Gasteiger charge is 2.24. The molecule has 0 aliphatic heterocycles. The number of benzene rings is 1. The van der Waals surface area contributed by atoms with Crippen LogP contribution in [0.1, 0.15) is 30.1 Å². The zero-order chi connectivity index (χ0) is 21.5. The predicted molar refractivity (Wildman–Crippen MR) is 123 cm³/mol. The molecule has 0 spiro atoms. The fourth-order valence-electron chi connectivity index (χ4n) is 3.44. The van der Waals surface area contributed by atoms with Crippen molar-refractivity contribution in [3.05, 3.63) is 33.2 Å². The maximum atomic E-state index is 14.2. The minimum absolute atomic E-state index is 0.280. The fraction of sp³-hybridized carbons (Fsp3) is 0.389. The van der Waals surface area contributed by atoms with E-state index < -0.39 is 16.2 Å². The van der Waals surface area contributed by atoms with E-state index in [-0.39, 0.29) is 5.82 Å². The summed E-state index contributed by atoms with van der Waals surface area (Å²) in [6, 6.07) is 3.94. The molecule has 4 rings (SSSR count). The van der Waals surface area contributed by atoms with Crippen LogP contribution in [0.2, 0.25) is 0 Å². The van der Waals surface area contributed by atoms with Crippen LogP contribution in [0, 0.1) is 3.57 Å². The molecular weight excluding hydrogens is 542 g/mol. The maximum absolute atomic E-state index is 14.2. The van der Waals surface area contributed by atoms with Gasteiger partial charge in [0.25, 0.3) is 0 Å². The van der Waals surface area contributed by atoms with Crippen LogP contribution in [0.15, 0.2) is 28.5 Å². The third kappa shape index (κ3) is 4.55. The molecule has 0 saturated heterocycles. The molecule has 0 fully saturated rings. The third-order valence-electron chi connectivity index (χ3n) is 4.85. The quantitative estimate of drug-likeness (QED) is 0.336. The molecule has 0 radical (unpaired) electrons. The number of sulfonamides is 1.